The molecule has 0 atom stereocenters. The zero-order valence-electron chi connectivity index (χ0n) is 15.9. The largest absolute Gasteiger partial charge is 0.417 e. The molecule has 1 aromatic heterocycles. The number of hydrogen-bond acceptors (Lipinski definition) is 5. The molecule has 3 heterocycles. The zero-order valence-corrected chi connectivity index (χ0v) is 15.9. The molecule has 0 N–H and O–H groups in total. The number of halogens is 3. The van der Waals surface area contributed by atoms with Crippen molar-refractivity contribution in [1.82, 2.24) is 19.3 Å². The van der Waals surface area contributed by atoms with Crippen LogP contribution in [-0.4, -0.2) is 90.1 Å². The predicted molar refractivity (Wildman–Crippen MR) is 96.1 cm³/mol. The molecule has 29 heavy (non-hydrogen) atoms. The number of aromatic nitrogens is 1. The number of pyridine rings is 1. The minimum atomic E-state index is -4.59. The molecule has 0 aromatic carbocycles. The van der Waals surface area contributed by atoms with Gasteiger partial charge in [-0.15, -0.1) is 0 Å². The lowest BCUT2D eigenvalue weighted by Gasteiger charge is -2.36. The smallest absolute Gasteiger partial charge is 0.379 e. The summed E-state index contributed by atoms with van der Waals surface area (Å²) in [6.45, 7) is 3.71. The number of rotatable bonds is 4. The molecule has 2 saturated heterocycles. The lowest BCUT2D eigenvalue weighted by atomic mass is 10.2. The van der Waals surface area contributed by atoms with Gasteiger partial charge >= 0.3 is 6.18 Å². The number of piperazine rings is 1. The standard InChI is InChI=1S/C18H23F3N4O4/c19-18(20,21)14-1-2-15(26)25(11-14)13-17(28)24-5-3-23(4-6-24)16(27)12-22-7-9-29-10-8-22/h1-2,11H,3-10,12-13H2. The first-order valence-electron chi connectivity index (χ1n) is 9.37. The Kier molecular flexibility index (Phi) is 6.58. The normalized spacial score (nSPS) is 18.7. The average molecular weight is 416 g/mol. The summed E-state index contributed by atoms with van der Waals surface area (Å²) in [7, 11) is 0. The van der Waals surface area contributed by atoms with Crippen LogP contribution < -0.4 is 5.56 Å². The molecule has 0 unspecified atom stereocenters. The summed E-state index contributed by atoms with van der Waals surface area (Å²) in [6, 6.07) is 1.50. The van der Waals surface area contributed by atoms with E-state index in [4.69, 9.17) is 4.74 Å². The van der Waals surface area contributed by atoms with E-state index in [2.05, 4.69) is 0 Å². The second-order valence-corrected chi connectivity index (χ2v) is 7.03. The van der Waals surface area contributed by atoms with Crippen molar-refractivity contribution < 1.29 is 27.5 Å². The molecule has 0 spiro atoms. The Labute approximate surface area is 165 Å². The van der Waals surface area contributed by atoms with E-state index in [0.717, 1.165) is 10.6 Å². The highest BCUT2D eigenvalue weighted by molar-refractivity contribution is 5.79. The summed E-state index contributed by atoms with van der Waals surface area (Å²) in [5.74, 6) is -0.472. The van der Waals surface area contributed by atoms with Crippen molar-refractivity contribution in [2.45, 2.75) is 12.7 Å². The van der Waals surface area contributed by atoms with Crippen molar-refractivity contribution in [3.8, 4) is 0 Å². The molecule has 0 radical (unpaired) electrons. The number of amides is 2. The van der Waals surface area contributed by atoms with Gasteiger partial charge in [-0.25, -0.2) is 0 Å². The molecule has 0 saturated carbocycles. The number of morpholine rings is 1. The number of alkyl halides is 3. The van der Waals surface area contributed by atoms with Crippen LogP contribution in [0.3, 0.4) is 0 Å². The van der Waals surface area contributed by atoms with Crippen LogP contribution in [0.5, 0.6) is 0 Å². The van der Waals surface area contributed by atoms with E-state index in [-0.39, 0.29) is 19.0 Å². The van der Waals surface area contributed by atoms with Crippen LogP contribution in [0.1, 0.15) is 5.56 Å². The molecule has 2 amide bonds. The zero-order chi connectivity index (χ0) is 21.0. The molecular formula is C18H23F3N4O4. The highest BCUT2D eigenvalue weighted by Gasteiger charge is 2.31. The molecule has 2 aliphatic rings. The lowest BCUT2D eigenvalue weighted by molar-refractivity contribution is -0.141. The van der Waals surface area contributed by atoms with E-state index in [9.17, 15) is 27.6 Å². The van der Waals surface area contributed by atoms with Crippen molar-refractivity contribution >= 4 is 11.8 Å². The van der Waals surface area contributed by atoms with Gasteiger partial charge in [-0.05, 0) is 6.07 Å². The monoisotopic (exact) mass is 416 g/mol. The van der Waals surface area contributed by atoms with E-state index in [1.807, 2.05) is 4.90 Å². The highest BCUT2D eigenvalue weighted by Crippen LogP contribution is 2.28. The van der Waals surface area contributed by atoms with Crippen LogP contribution in [0.25, 0.3) is 0 Å². The molecule has 0 aliphatic carbocycles. The summed E-state index contributed by atoms with van der Waals surface area (Å²) in [4.78, 5) is 41.8. The Morgan fingerprint density at radius 1 is 0.897 bits per heavy atom. The molecule has 1 aromatic rings. The van der Waals surface area contributed by atoms with Crippen LogP contribution in [0.15, 0.2) is 23.1 Å². The van der Waals surface area contributed by atoms with E-state index < -0.39 is 29.8 Å². The predicted octanol–water partition coefficient (Wildman–Crippen LogP) is -0.130. The van der Waals surface area contributed by atoms with Crippen LogP contribution >= 0.6 is 0 Å². The Morgan fingerprint density at radius 3 is 2.00 bits per heavy atom. The topological polar surface area (TPSA) is 75.1 Å². The first kappa shape index (κ1) is 21.3. The van der Waals surface area contributed by atoms with Gasteiger partial charge in [0.2, 0.25) is 11.8 Å². The minimum Gasteiger partial charge on any atom is -0.379 e. The van der Waals surface area contributed by atoms with Gasteiger partial charge in [0.1, 0.15) is 6.54 Å². The van der Waals surface area contributed by atoms with Gasteiger partial charge < -0.3 is 19.1 Å². The Bertz CT molecular complexity index is 797. The Morgan fingerprint density at radius 2 is 1.45 bits per heavy atom. The van der Waals surface area contributed by atoms with Crippen molar-refractivity contribution in [2.24, 2.45) is 0 Å². The third kappa shape index (κ3) is 5.57. The summed E-state index contributed by atoms with van der Waals surface area (Å²) < 4.78 is 44.5. The fourth-order valence-corrected chi connectivity index (χ4v) is 3.32. The fraction of sp³-hybridized carbons (Fsp3) is 0.611. The van der Waals surface area contributed by atoms with Crippen molar-refractivity contribution in [2.75, 3.05) is 59.0 Å². The third-order valence-corrected chi connectivity index (χ3v) is 5.06. The van der Waals surface area contributed by atoms with Gasteiger partial charge in [0.05, 0.1) is 25.3 Å². The number of carbonyl (C=O) groups is 2. The van der Waals surface area contributed by atoms with E-state index in [1.54, 1.807) is 4.90 Å². The van der Waals surface area contributed by atoms with E-state index >= 15 is 0 Å². The van der Waals surface area contributed by atoms with Crippen molar-refractivity contribution in [3.05, 3.63) is 34.2 Å². The molecule has 0 bridgehead atoms. The second kappa shape index (κ2) is 8.95. The minimum absolute atomic E-state index is 0.0203. The first-order chi connectivity index (χ1) is 13.7. The van der Waals surface area contributed by atoms with E-state index in [0.29, 0.717) is 58.2 Å². The summed E-state index contributed by atoms with van der Waals surface area (Å²) in [6.07, 6.45) is -3.94. The number of nitrogens with zero attached hydrogens (tertiary/aromatic N) is 4. The van der Waals surface area contributed by atoms with Crippen LogP contribution in [-0.2, 0) is 27.0 Å². The third-order valence-electron chi connectivity index (χ3n) is 5.06. The van der Waals surface area contributed by atoms with Gasteiger partial charge in [0.25, 0.3) is 5.56 Å². The van der Waals surface area contributed by atoms with Crippen LogP contribution in [0, 0.1) is 0 Å². The fourth-order valence-electron chi connectivity index (χ4n) is 3.32. The number of carbonyl (C=O) groups excluding carboxylic acids is 2. The molecule has 2 aliphatic heterocycles. The Hall–Kier alpha value is -2.40. The average Bonchev–Trinajstić information content (AvgIpc) is 2.69. The van der Waals surface area contributed by atoms with Crippen molar-refractivity contribution in [3.63, 3.8) is 0 Å². The van der Waals surface area contributed by atoms with Gasteiger partial charge in [0.15, 0.2) is 0 Å². The summed E-state index contributed by atoms with van der Waals surface area (Å²) in [5.41, 5.74) is -1.66. The van der Waals surface area contributed by atoms with Crippen molar-refractivity contribution in [1.29, 1.82) is 0 Å². The maximum Gasteiger partial charge on any atom is 0.417 e. The second-order valence-electron chi connectivity index (χ2n) is 7.03. The maximum atomic E-state index is 12.8. The maximum absolute atomic E-state index is 12.8. The molecule has 2 fully saturated rings. The van der Waals surface area contributed by atoms with Crippen LogP contribution in [0.2, 0.25) is 0 Å². The Balaban J connectivity index is 1.52. The number of hydrogen-bond donors (Lipinski definition) is 0. The molecule has 11 heteroatoms. The molecule has 160 valence electrons. The lowest BCUT2D eigenvalue weighted by Crippen LogP contribution is -2.54. The highest BCUT2D eigenvalue weighted by atomic mass is 19.4. The molecule has 8 nitrogen and oxygen atoms in total. The SMILES string of the molecule is O=C(CN1CCOCC1)N1CCN(C(=O)Cn2cc(C(F)(F)F)ccc2=O)CC1. The summed E-state index contributed by atoms with van der Waals surface area (Å²) >= 11 is 0. The van der Waals surface area contributed by atoms with Gasteiger partial charge in [-0.2, -0.15) is 13.2 Å². The van der Waals surface area contributed by atoms with Crippen LogP contribution in [0.4, 0.5) is 13.2 Å². The molecule has 3 rings (SSSR count). The first-order valence-corrected chi connectivity index (χ1v) is 9.37. The molecular weight excluding hydrogens is 393 g/mol. The van der Waals surface area contributed by atoms with Gasteiger partial charge in [-0.1, -0.05) is 0 Å². The number of ether oxygens (including phenoxy) is 1. The van der Waals surface area contributed by atoms with E-state index in [1.165, 1.54) is 4.90 Å². The van der Waals surface area contributed by atoms with Gasteiger partial charge in [-0.3, -0.25) is 19.3 Å². The summed E-state index contributed by atoms with van der Waals surface area (Å²) in [5, 5.41) is 0. The van der Waals surface area contributed by atoms with Gasteiger partial charge in [0, 0.05) is 51.5 Å². The quantitative estimate of drug-likeness (QED) is 0.684.